The molecule has 0 amide bonds. The fourth-order valence-corrected chi connectivity index (χ4v) is 1.42. The van der Waals surface area contributed by atoms with Crippen LogP contribution in [0.15, 0.2) is 0 Å². The van der Waals surface area contributed by atoms with Gasteiger partial charge in [-0.2, -0.15) is 0 Å². The van der Waals surface area contributed by atoms with Crippen molar-refractivity contribution in [1.29, 1.82) is 0 Å². The van der Waals surface area contributed by atoms with Gasteiger partial charge in [-0.3, -0.25) is 0 Å². The van der Waals surface area contributed by atoms with Gasteiger partial charge in [0.1, 0.15) is 0 Å². The van der Waals surface area contributed by atoms with Crippen molar-refractivity contribution in [3.63, 3.8) is 0 Å². The monoisotopic (exact) mass is 229 g/mol. The highest BCUT2D eigenvalue weighted by atomic mass is 35.5. The molecule has 0 spiro atoms. The van der Waals surface area contributed by atoms with Crippen LogP contribution in [0.1, 0.15) is 18.1 Å². The summed E-state index contributed by atoms with van der Waals surface area (Å²) in [5, 5.41) is 11.6. The van der Waals surface area contributed by atoms with Gasteiger partial charge in [-0.05, 0) is 31.9 Å². The van der Waals surface area contributed by atoms with Crippen molar-refractivity contribution in [3.8, 4) is 0 Å². The van der Waals surface area contributed by atoms with Crippen molar-refractivity contribution in [3.05, 3.63) is 16.3 Å². The first-order valence-corrected chi connectivity index (χ1v) is 5.19. The van der Waals surface area contributed by atoms with Gasteiger partial charge in [-0.15, -0.1) is 10.2 Å². The van der Waals surface area contributed by atoms with Crippen LogP contribution in [-0.2, 0) is 4.74 Å². The molecular weight excluding hydrogens is 214 g/mol. The van der Waals surface area contributed by atoms with Crippen molar-refractivity contribution in [2.24, 2.45) is 0 Å². The lowest BCUT2D eigenvalue weighted by atomic mass is 10.2. The summed E-state index contributed by atoms with van der Waals surface area (Å²) in [4.78, 5) is 0. The maximum atomic E-state index is 5.86. The van der Waals surface area contributed by atoms with Gasteiger partial charge in [-0.25, -0.2) is 0 Å². The van der Waals surface area contributed by atoms with E-state index in [4.69, 9.17) is 16.3 Å². The Labute approximate surface area is 95.0 Å². The fraction of sp³-hybridized carbons (Fsp3) is 0.600. The molecule has 1 aromatic rings. The van der Waals surface area contributed by atoms with Crippen LogP contribution in [0, 0.1) is 13.8 Å². The largest absolute Gasteiger partial charge is 0.383 e. The number of nitrogens with one attached hydrogen (secondary N) is 1. The molecule has 0 aliphatic carbocycles. The molecule has 0 saturated carbocycles. The second-order valence-corrected chi connectivity index (χ2v) is 3.95. The van der Waals surface area contributed by atoms with Gasteiger partial charge in [0.25, 0.3) is 0 Å². The molecule has 1 aromatic heterocycles. The first-order valence-electron chi connectivity index (χ1n) is 4.81. The molecule has 15 heavy (non-hydrogen) atoms. The number of hydrogen-bond donors (Lipinski definition) is 1. The number of halogens is 1. The SMILES string of the molecule is COCC(C)Nc1nnc(Cl)c(C)c1C. The first-order chi connectivity index (χ1) is 7.06. The number of aromatic nitrogens is 2. The zero-order chi connectivity index (χ0) is 11.4. The average molecular weight is 230 g/mol. The van der Waals surface area contributed by atoms with Crippen LogP contribution in [0.5, 0.6) is 0 Å². The molecule has 4 nitrogen and oxygen atoms in total. The average Bonchev–Trinajstić information content (AvgIpc) is 2.20. The van der Waals surface area contributed by atoms with E-state index in [9.17, 15) is 0 Å². The van der Waals surface area contributed by atoms with Gasteiger partial charge < -0.3 is 10.1 Å². The normalized spacial score (nSPS) is 12.6. The summed E-state index contributed by atoms with van der Waals surface area (Å²) in [6.07, 6.45) is 0. The summed E-state index contributed by atoms with van der Waals surface area (Å²) in [7, 11) is 1.67. The van der Waals surface area contributed by atoms with Crippen molar-refractivity contribution in [2.75, 3.05) is 19.0 Å². The Morgan fingerprint density at radius 2 is 2.00 bits per heavy atom. The highest BCUT2D eigenvalue weighted by Crippen LogP contribution is 2.20. The number of ether oxygens (including phenoxy) is 1. The molecule has 0 bridgehead atoms. The molecule has 1 unspecified atom stereocenters. The van der Waals surface area contributed by atoms with Crippen molar-refractivity contribution in [2.45, 2.75) is 26.8 Å². The Bertz CT molecular complexity index is 344. The van der Waals surface area contributed by atoms with Crippen molar-refractivity contribution < 1.29 is 4.74 Å². The molecule has 1 rings (SSSR count). The molecule has 0 saturated heterocycles. The van der Waals surface area contributed by atoms with Gasteiger partial charge in [0.2, 0.25) is 0 Å². The van der Waals surface area contributed by atoms with E-state index in [2.05, 4.69) is 15.5 Å². The second-order valence-electron chi connectivity index (χ2n) is 3.59. The third kappa shape index (κ3) is 3.04. The van der Waals surface area contributed by atoms with Crippen molar-refractivity contribution in [1.82, 2.24) is 10.2 Å². The van der Waals surface area contributed by atoms with E-state index in [1.807, 2.05) is 20.8 Å². The van der Waals surface area contributed by atoms with Crippen LogP contribution in [-0.4, -0.2) is 30.0 Å². The van der Waals surface area contributed by atoms with Crippen LogP contribution >= 0.6 is 11.6 Å². The lowest BCUT2D eigenvalue weighted by Gasteiger charge is -2.15. The summed E-state index contributed by atoms with van der Waals surface area (Å²) in [5.74, 6) is 0.765. The van der Waals surface area contributed by atoms with E-state index in [-0.39, 0.29) is 6.04 Å². The lowest BCUT2D eigenvalue weighted by Crippen LogP contribution is -2.22. The Kier molecular flexibility index (Phi) is 4.29. The quantitative estimate of drug-likeness (QED) is 0.860. The van der Waals surface area contributed by atoms with Gasteiger partial charge in [-0.1, -0.05) is 11.6 Å². The van der Waals surface area contributed by atoms with Crippen molar-refractivity contribution >= 4 is 17.4 Å². The van der Waals surface area contributed by atoms with Gasteiger partial charge in [0.05, 0.1) is 6.61 Å². The second kappa shape index (κ2) is 5.28. The predicted octanol–water partition coefficient (Wildman–Crippen LogP) is 2.19. The molecule has 1 heterocycles. The Hall–Kier alpha value is -0.870. The van der Waals surface area contributed by atoms with E-state index in [1.54, 1.807) is 7.11 Å². The van der Waals surface area contributed by atoms with E-state index in [0.29, 0.717) is 11.8 Å². The summed E-state index contributed by atoms with van der Waals surface area (Å²) in [6.45, 7) is 6.55. The van der Waals surface area contributed by atoms with E-state index in [0.717, 1.165) is 16.9 Å². The molecule has 0 aliphatic rings. The number of nitrogens with zero attached hydrogens (tertiary/aromatic N) is 2. The number of rotatable bonds is 4. The maximum absolute atomic E-state index is 5.86. The molecule has 0 fully saturated rings. The highest BCUT2D eigenvalue weighted by molar-refractivity contribution is 6.30. The van der Waals surface area contributed by atoms with E-state index >= 15 is 0 Å². The third-order valence-corrected chi connectivity index (χ3v) is 2.62. The minimum atomic E-state index is 0.198. The van der Waals surface area contributed by atoms with Crippen LogP contribution in [0.25, 0.3) is 0 Å². The zero-order valence-electron chi connectivity index (χ0n) is 9.47. The summed E-state index contributed by atoms with van der Waals surface area (Å²) in [5.41, 5.74) is 1.98. The zero-order valence-corrected chi connectivity index (χ0v) is 10.2. The molecule has 0 aromatic carbocycles. The Morgan fingerprint density at radius 3 is 2.60 bits per heavy atom. The Balaban J connectivity index is 2.82. The fourth-order valence-electron chi connectivity index (χ4n) is 1.24. The van der Waals surface area contributed by atoms with Gasteiger partial charge >= 0.3 is 0 Å². The van der Waals surface area contributed by atoms with E-state index < -0.39 is 0 Å². The van der Waals surface area contributed by atoms with E-state index in [1.165, 1.54) is 0 Å². The predicted molar refractivity (Wildman–Crippen MR) is 61.5 cm³/mol. The molecule has 0 radical (unpaired) electrons. The molecule has 5 heteroatoms. The summed E-state index contributed by atoms with van der Waals surface area (Å²) in [6, 6.07) is 0.198. The van der Waals surface area contributed by atoms with Gasteiger partial charge in [0, 0.05) is 13.2 Å². The summed E-state index contributed by atoms with van der Waals surface area (Å²) < 4.78 is 5.03. The highest BCUT2D eigenvalue weighted by Gasteiger charge is 2.10. The topological polar surface area (TPSA) is 47.0 Å². The minimum absolute atomic E-state index is 0.198. The smallest absolute Gasteiger partial charge is 0.155 e. The molecule has 1 N–H and O–H groups in total. The number of methoxy groups -OCH3 is 1. The third-order valence-electron chi connectivity index (χ3n) is 2.26. The molecule has 84 valence electrons. The van der Waals surface area contributed by atoms with Crippen LogP contribution < -0.4 is 5.32 Å². The number of hydrogen-bond acceptors (Lipinski definition) is 4. The molecule has 1 atom stereocenters. The number of anilines is 1. The minimum Gasteiger partial charge on any atom is -0.383 e. The Morgan fingerprint density at radius 1 is 1.33 bits per heavy atom. The summed E-state index contributed by atoms with van der Waals surface area (Å²) >= 11 is 5.86. The first kappa shape index (κ1) is 12.2. The van der Waals surface area contributed by atoms with Crippen LogP contribution in [0.3, 0.4) is 0 Å². The molecule has 0 aliphatic heterocycles. The van der Waals surface area contributed by atoms with Gasteiger partial charge in [0.15, 0.2) is 11.0 Å². The van der Waals surface area contributed by atoms with Crippen LogP contribution in [0.2, 0.25) is 5.15 Å². The molecular formula is C10H16ClN3O. The van der Waals surface area contributed by atoms with Crippen LogP contribution in [0.4, 0.5) is 5.82 Å². The standard InChI is InChI=1S/C10H16ClN3O/c1-6(5-15-4)12-10-8(3)7(2)9(11)13-14-10/h6H,5H2,1-4H3,(H,12,14). The lowest BCUT2D eigenvalue weighted by molar-refractivity contribution is 0.190. The maximum Gasteiger partial charge on any atom is 0.155 e.